The van der Waals surface area contributed by atoms with Gasteiger partial charge >= 0.3 is 0 Å². The van der Waals surface area contributed by atoms with Crippen LogP contribution in [0.25, 0.3) is 0 Å². The molecule has 0 aliphatic carbocycles. The van der Waals surface area contributed by atoms with E-state index in [2.05, 4.69) is 39.8 Å². The summed E-state index contributed by atoms with van der Waals surface area (Å²) in [7, 11) is 0. The van der Waals surface area contributed by atoms with Gasteiger partial charge in [0.2, 0.25) is 0 Å². The number of carbonyl (C=O) groups excluding carboxylic acids is 1. The smallest absolute Gasteiger partial charge is 0.162 e. The van der Waals surface area contributed by atoms with Crippen LogP contribution in [0, 0.1) is 0 Å². The van der Waals surface area contributed by atoms with E-state index in [0.717, 1.165) is 5.56 Å². The molecule has 0 saturated heterocycles. The van der Waals surface area contributed by atoms with Crippen LogP contribution in [0.15, 0.2) is 18.2 Å². The van der Waals surface area contributed by atoms with Crippen molar-refractivity contribution in [2.24, 2.45) is 0 Å². The van der Waals surface area contributed by atoms with Crippen molar-refractivity contribution >= 4 is 5.78 Å². The Hall–Kier alpha value is -1.11. The maximum Gasteiger partial charge on any atom is 0.162 e. The van der Waals surface area contributed by atoms with Gasteiger partial charge in [0.25, 0.3) is 0 Å². The number of ketones is 1. The molecule has 0 fully saturated rings. The van der Waals surface area contributed by atoms with E-state index in [4.69, 9.17) is 0 Å². The van der Waals surface area contributed by atoms with Gasteiger partial charge < -0.3 is 0 Å². The summed E-state index contributed by atoms with van der Waals surface area (Å²) in [5, 5.41) is 0. The Morgan fingerprint density at radius 1 is 1.06 bits per heavy atom. The molecule has 0 heterocycles. The van der Waals surface area contributed by atoms with Gasteiger partial charge in [0, 0.05) is 12.0 Å². The van der Waals surface area contributed by atoms with Crippen molar-refractivity contribution in [3.8, 4) is 0 Å². The Morgan fingerprint density at radius 2 is 1.62 bits per heavy atom. The lowest BCUT2D eigenvalue weighted by atomic mass is 9.88. The highest BCUT2D eigenvalue weighted by atomic mass is 16.1. The van der Waals surface area contributed by atoms with E-state index in [1.807, 2.05) is 13.0 Å². The van der Waals surface area contributed by atoms with Crippen LogP contribution in [0.2, 0.25) is 0 Å². The molecule has 1 rings (SSSR count). The van der Waals surface area contributed by atoms with Crippen LogP contribution in [0.1, 0.15) is 74.4 Å². The third-order valence-corrected chi connectivity index (χ3v) is 2.97. The number of Topliss-reactive ketones (excluding diaryl/α,β-unsaturated/α-hetero) is 1. The van der Waals surface area contributed by atoms with E-state index in [1.54, 1.807) is 0 Å². The number of hydrogen-bond acceptors (Lipinski definition) is 1. The molecular weight excluding hydrogens is 196 g/mol. The molecule has 0 saturated carbocycles. The zero-order valence-electron chi connectivity index (χ0n) is 11.0. The van der Waals surface area contributed by atoms with Crippen molar-refractivity contribution in [3.63, 3.8) is 0 Å². The summed E-state index contributed by atoms with van der Waals surface area (Å²) in [5.41, 5.74) is 3.53. The molecule has 0 radical (unpaired) electrons. The van der Waals surface area contributed by atoms with Gasteiger partial charge in [-0.15, -0.1) is 0 Å². The molecule has 0 aliphatic heterocycles. The zero-order valence-corrected chi connectivity index (χ0v) is 11.0. The first kappa shape index (κ1) is 13.0. The Kier molecular flexibility index (Phi) is 4.28. The Bertz CT molecular complexity index is 375. The number of benzene rings is 1. The monoisotopic (exact) mass is 218 g/mol. The molecule has 88 valence electrons. The predicted molar refractivity (Wildman–Crippen MR) is 69.2 cm³/mol. The summed E-state index contributed by atoms with van der Waals surface area (Å²) in [6.07, 6.45) is 0.582. The summed E-state index contributed by atoms with van der Waals surface area (Å²) >= 11 is 0. The van der Waals surface area contributed by atoms with E-state index in [0.29, 0.717) is 18.3 Å². The van der Waals surface area contributed by atoms with Gasteiger partial charge in [-0.25, -0.2) is 0 Å². The average molecular weight is 218 g/mol. The first-order valence-electron chi connectivity index (χ1n) is 6.14. The highest BCUT2D eigenvalue weighted by molar-refractivity contribution is 5.96. The van der Waals surface area contributed by atoms with Crippen LogP contribution in [-0.4, -0.2) is 5.78 Å². The molecular formula is C15H22O. The summed E-state index contributed by atoms with van der Waals surface area (Å²) in [6, 6.07) is 6.15. The summed E-state index contributed by atoms with van der Waals surface area (Å²) in [4.78, 5) is 11.7. The quantitative estimate of drug-likeness (QED) is 0.679. The van der Waals surface area contributed by atoms with Crippen LogP contribution >= 0.6 is 0 Å². The van der Waals surface area contributed by atoms with Gasteiger partial charge in [-0.2, -0.15) is 0 Å². The molecule has 0 unspecified atom stereocenters. The van der Waals surface area contributed by atoms with Crippen LogP contribution < -0.4 is 0 Å². The Morgan fingerprint density at radius 3 is 2.06 bits per heavy atom. The molecule has 0 amide bonds. The minimum Gasteiger partial charge on any atom is -0.294 e. The van der Waals surface area contributed by atoms with Crippen LogP contribution in [0.4, 0.5) is 0 Å². The highest BCUT2D eigenvalue weighted by Crippen LogP contribution is 2.27. The Balaban J connectivity index is 3.22. The van der Waals surface area contributed by atoms with Gasteiger partial charge in [-0.1, -0.05) is 46.8 Å². The van der Waals surface area contributed by atoms with E-state index in [9.17, 15) is 4.79 Å². The molecule has 1 aromatic rings. The Labute approximate surface area is 98.9 Å². The first-order valence-corrected chi connectivity index (χ1v) is 6.14. The van der Waals surface area contributed by atoms with Gasteiger partial charge in [-0.3, -0.25) is 4.79 Å². The fourth-order valence-corrected chi connectivity index (χ4v) is 1.98. The van der Waals surface area contributed by atoms with Crippen LogP contribution in [-0.2, 0) is 0 Å². The average Bonchev–Trinajstić information content (AvgIpc) is 2.26. The van der Waals surface area contributed by atoms with Crippen LogP contribution in [0.5, 0.6) is 0 Å². The topological polar surface area (TPSA) is 17.1 Å². The lowest BCUT2D eigenvalue weighted by Crippen LogP contribution is -2.03. The normalized spacial score (nSPS) is 11.2. The lowest BCUT2D eigenvalue weighted by Gasteiger charge is -2.16. The van der Waals surface area contributed by atoms with Crippen molar-refractivity contribution in [3.05, 3.63) is 34.9 Å². The van der Waals surface area contributed by atoms with Gasteiger partial charge in [0.1, 0.15) is 0 Å². The molecule has 1 nitrogen and oxygen atoms in total. The van der Waals surface area contributed by atoms with Gasteiger partial charge in [0.05, 0.1) is 0 Å². The maximum atomic E-state index is 11.7. The molecule has 1 aromatic carbocycles. The molecule has 0 aliphatic rings. The predicted octanol–water partition coefficient (Wildman–Crippen LogP) is 4.53. The van der Waals surface area contributed by atoms with Gasteiger partial charge in [-0.05, 0) is 29.0 Å². The van der Waals surface area contributed by atoms with Crippen LogP contribution in [0.3, 0.4) is 0 Å². The van der Waals surface area contributed by atoms with Crippen molar-refractivity contribution in [2.45, 2.75) is 52.9 Å². The number of hydrogen-bond donors (Lipinski definition) is 0. The summed E-state index contributed by atoms with van der Waals surface area (Å²) < 4.78 is 0. The van der Waals surface area contributed by atoms with Crippen molar-refractivity contribution in [1.82, 2.24) is 0 Å². The fraction of sp³-hybridized carbons (Fsp3) is 0.533. The maximum absolute atomic E-state index is 11.7. The molecule has 1 heteroatoms. The third-order valence-electron chi connectivity index (χ3n) is 2.97. The molecule has 0 aromatic heterocycles. The minimum atomic E-state index is 0.234. The first-order chi connectivity index (χ1) is 7.47. The second-order valence-electron chi connectivity index (χ2n) is 4.93. The van der Waals surface area contributed by atoms with E-state index < -0.39 is 0 Å². The van der Waals surface area contributed by atoms with Crippen molar-refractivity contribution < 1.29 is 4.79 Å². The molecule has 16 heavy (non-hydrogen) atoms. The van der Waals surface area contributed by atoms with E-state index in [1.165, 1.54) is 11.1 Å². The fourth-order valence-electron chi connectivity index (χ4n) is 1.98. The zero-order chi connectivity index (χ0) is 12.3. The minimum absolute atomic E-state index is 0.234. The molecule has 0 N–H and O–H groups in total. The van der Waals surface area contributed by atoms with Crippen molar-refractivity contribution in [1.29, 1.82) is 0 Å². The second-order valence-corrected chi connectivity index (χ2v) is 4.93. The van der Waals surface area contributed by atoms with Crippen molar-refractivity contribution in [2.75, 3.05) is 0 Å². The number of carbonyl (C=O) groups is 1. The van der Waals surface area contributed by atoms with Gasteiger partial charge in [0.15, 0.2) is 5.78 Å². The van der Waals surface area contributed by atoms with E-state index in [-0.39, 0.29) is 5.78 Å². The number of rotatable bonds is 4. The highest BCUT2D eigenvalue weighted by Gasteiger charge is 2.12. The third kappa shape index (κ3) is 2.72. The largest absolute Gasteiger partial charge is 0.294 e. The standard InChI is InChI=1S/C15H22O/c1-6-15(16)12-7-8-13(10(2)3)14(9-12)11(4)5/h7-11H,6H2,1-5H3. The van der Waals surface area contributed by atoms with E-state index >= 15 is 0 Å². The summed E-state index contributed by atoms with van der Waals surface area (Å²) in [5.74, 6) is 1.22. The molecule has 0 atom stereocenters. The second kappa shape index (κ2) is 5.29. The molecule has 0 spiro atoms. The molecule has 0 bridgehead atoms. The SMILES string of the molecule is CCC(=O)c1ccc(C(C)C)c(C(C)C)c1. The lowest BCUT2D eigenvalue weighted by molar-refractivity contribution is 0.0988. The summed E-state index contributed by atoms with van der Waals surface area (Å²) in [6.45, 7) is 10.7.